The van der Waals surface area contributed by atoms with Crippen LogP contribution in [0.25, 0.3) is 0 Å². The first-order valence-electron chi connectivity index (χ1n) is 7.54. The first-order valence-corrected chi connectivity index (χ1v) is 7.54. The van der Waals surface area contributed by atoms with E-state index in [0.717, 1.165) is 5.56 Å². The zero-order chi connectivity index (χ0) is 16.4. The summed E-state index contributed by atoms with van der Waals surface area (Å²) in [6.07, 6.45) is 1.08. The molecule has 0 N–H and O–H groups in total. The third kappa shape index (κ3) is 5.21. The van der Waals surface area contributed by atoms with Crippen LogP contribution in [0.5, 0.6) is 11.5 Å². The van der Waals surface area contributed by atoms with Crippen molar-refractivity contribution in [2.75, 3.05) is 27.4 Å². The molecular formula is C17H25NO4. The maximum atomic E-state index is 9.44. The van der Waals surface area contributed by atoms with Crippen LogP contribution in [0, 0.1) is 11.3 Å². The van der Waals surface area contributed by atoms with Gasteiger partial charge < -0.3 is 18.9 Å². The number of ether oxygens (including phenoxy) is 4. The van der Waals surface area contributed by atoms with Crippen LogP contribution < -0.4 is 9.47 Å². The van der Waals surface area contributed by atoms with Gasteiger partial charge in [-0.05, 0) is 44.4 Å². The molecule has 0 fully saturated rings. The van der Waals surface area contributed by atoms with Crippen LogP contribution in [0.4, 0.5) is 0 Å². The van der Waals surface area contributed by atoms with Crippen molar-refractivity contribution in [1.82, 2.24) is 0 Å². The third-order valence-electron chi connectivity index (χ3n) is 3.36. The van der Waals surface area contributed by atoms with E-state index < -0.39 is 0 Å². The molecule has 0 saturated carbocycles. The fourth-order valence-electron chi connectivity index (χ4n) is 2.26. The van der Waals surface area contributed by atoms with Crippen LogP contribution in [0.3, 0.4) is 0 Å². The number of methoxy groups -OCH3 is 2. The molecule has 1 rings (SSSR count). The number of nitrogens with zero attached hydrogens (tertiary/aromatic N) is 1. The number of hydrogen-bond acceptors (Lipinski definition) is 5. The van der Waals surface area contributed by atoms with Gasteiger partial charge in [0.25, 0.3) is 0 Å². The van der Waals surface area contributed by atoms with Gasteiger partial charge >= 0.3 is 0 Å². The van der Waals surface area contributed by atoms with Gasteiger partial charge in [0.15, 0.2) is 17.8 Å². The molecule has 1 atom stereocenters. The lowest BCUT2D eigenvalue weighted by Crippen LogP contribution is -2.18. The molecule has 0 amide bonds. The zero-order valence-electron chi connectivity index (χ0n) is 13.8. The molecule has 5 nitrogen and oxygen atoms in total. The molecule has 0 aliphatic carbocycles. The van der Waals surface area contributed by atoms with E-state index in [9.17, 15) is 5.26 Å². The first kappa shape index (κ1) is 18.3. The van der Waals surface area contributed by atoms with Crippen LogP contribution in [0.2, 0.25) is 0 Å². The highest BCUT2D eigenvalue weighted by Gasteiger charge is 2.17. The summed E-state index contributed by atoms with van der Waals surface area (Å²) in [5.74, 6) is 1.05. The Labute approximate surface area is 132 Å². The third-order valence-corrected chi connectivity index (χ3v) is 3.36. The fraction of sp³-hybridized carbons (Fsp3) is 0.588. The van der Waals surface area contributed by atoms with Crippen molar-refractivity contribution < 1.29 is 18.9 Å². The molecule has 0 saturated heterocycles. The van der Waals surface area contributed by atoms with E-state index in [4.69, 9.17) is 18.9 Å². The molecule has 22 heavy (non-hydrogen) atoms. The van der Waals surface area contributed by atoms with Crippen molar-refractivity contribution in [3.05, 3.63) is 23.8 Å². The second kappa shape index (κ2) is 10.0. The van der Waals surface area contributed by atoms with Gasteiger partial charge in [0.2, 0.25) is 0 Å². The summed E-state index contributed by atoms with van der Waals surface area (Å²) in [6, 6.07) is 7.90. The molecule has 0 aromatic heterocycles. The molecule has 0 aliphatic rings. The summed E-state index contributed by atoms with van der Waals surface area (Å²) in [5.41, 5.74) is 0.909. The van der Waals surface area contributed by atoms with Crippen LogP contribution in [-0.2, 0) is 9.47 Å². The minimum absolute atomic E-state index is 0.233. The maximum absolute atomic E-state index is 9.44. The van der Waals surface area contributed by atoms with Crippen molar-refractivity contribution in [1.29, 1.82) is 5.26 Å². The quantitative estimate of drug-likeness (QED) is 0.619. The molecule has 0 spiro atoms. The highest BCUT2D eigenvalue weighted by Crippen LogP contribution is 2.32. The van der Waals surface area contributed by atoms with Gasteiger partial charge in [-0.15, -0.1) is 0 Å². The van der Waals surface area contributed by atoms with Gasteiger partial charge in [0.05, 0.1) is 26.2 Å². The Morgan fingerprint density at radius 2 is 1.64 bits per heavy atom. The Morgan fingerprint density at radius 1 is 1.00 bits per heavy atom. The van der Waals surface area contributed by atoms with E-state index >= 15 is 0 Å². The van der Waals surface area contributed by atoms with Crippen LogP contribution in [-0.4, -0.2) is 33.7 Å². The summed E-state index contributed by atoms with van der Waals surface area (Å²) in [7, 11) is 3.18. The molecule has 5 heteroatoms. The van der Waals surface area contributed by atoms with Gasteiger partial charge in [0.1, 0.15) is 0 Å². The minimum Gasteiger partial charge on any atom is -0.493 e. The molecular weight excluding hydrogens is 282 g/mol. The Morgan fingerprint density at radius 3 is 2.14 bits per heavy atom. The van der Waals surface area contributed by atoms with Crippen LogP contribution >= 0.6 is 0 Å². The Bertz CT molecular complexity index is 478. The van der Waals surface area contributed by atoms with Gasteiger partial charge in [-0.25, -0.2) is 0 Å². The van der Waals surface area contributed by atoms with Gasteiger partial charge in [-0.3, -0.25) is 0 Å². The van der Waals surface area contributed by atoms with Gasteiger partial charge in [-0.2, -0.15) is 5.26 Å². The van der Waals surface area contributed by atoms with E-state index in [1.807, 2.05) is 32.0 Å². The summed E-state index contributed by atoms with van der Waals surface area (Å²) >= 11 is 0. The van der Waals surface area contributed by atoms with Crippen molar-refractivity contribution in [3.63, 3.8) is 0 Å². The maximum Gasteiger partial charge on any atom is 0.161 e. The standard InChI is InChI=1S/C17H25NO4/c1-5-21-17(22-6-2)10-8-14(12-18)13-7-9-15(19-3)16(11-13)20-4/h7,9,11,14,17H,5-6,8,10H2,1-4H3. The highest BCUT2D eigenvalue weighted by atomic mass is 16.7. The average Bonchev–Trinajstić information content (AvgIpc) is 2.55. The SMILES string of the molecule is CCOC(CCC(C#N)c1ccc(OC)c(OC)c1)OCC. The predicted octanol–water partition coefficient (Wildman–Crippen LogP) is 3.49. The van der Waals surface area contributed by atoms with Crippen molar-refractivity contribution in [3.8, 4) is 17.6 Å². The average molecular weight is 307 g/mol. The Balaban J connectivity index is 2.77. The lowest BCUT2D eigenvalue weighted by molar-refractivity contribution is -0.140. The summed E-state index contributed by atoms with van der Waals surface area (Å²) in [4.78, 5) is 0. The zero-order valence-corrected chi connectivity index (χ0v) is 13.8. The molecule has 0 radical (unpaired) electrons. The van der Waals surface area contributed by atoms with Crippen molar-refractivity contribution in [2.24, 2.45) is 0 Å². The first-order chi connectivity index (χ1) is 10.7. The summed E-state index contributed by atoms with van der Waals surface area (Å²) < 4.78 is 21.5. The normalized spacial score (nSPS) is 12.0. The number of hydrogen-bond donors (Lipinski definition) is 0. The lowest BCUT2D eigenvalue weighted by Gasteiger charge is -2.19. The Kier molecular flexibility index (Phi) is 8.34. The van der Waals surface area contributed by atoms with E-state index in [2.05, 4.69) is 6.07 Å². The van der Waals surface area contributed by atoms with E-state index in [1.165, 1.54) is 0 Å². The largest absolute Gasteiger partial charge is 0.493 e. The molecule has 122 valence electrons. The highest BCUT2D eigenvalue weighted by molar-refractivity contribution is 5.44. The number of nitriles is 1. The predicted molar refractivity (Wildman–Crippen MR) is 84.2 cm³/mol. The molecule has 1 unspecified atom stereocenters. The fourth-order valence-corrected chi connectivity index (χ4v) is 2.26. The molecule has 0 bridgehead atoms. The smallest absolute Gasteiger partial charge is 0.161 e. The van der Waals surface area contributed by atoms with E-state index in [0.29, 0.717) is 37.6 Å². The second-order valence-electron chi connectivity index (χ2n) is 4.71. The van der Waals surface area contributed by atoms with Crippen LogP contribution in [0.15, 0.2) is 18.2 Å². The van der Waals surface area contributed by atoms with E-state index in [1.54, 1.807) is 14.2 Å². The second-order valence-corrected chi connectivity index (χ2v) is 4.71. The summed E-state index contributed by atoms with van der Waals surface area (Å²) in [5, 5.41) is 9.44. The van der Waals surface area contributed by atoms with Gasteiger partial charge in [0, 0.05) is 13.2 Å². The molecule has 0 aliphatic heterocycles. The number of rotatable bonds is 10. The van der Waals surface area contributed by atoms with E-state index in [-0.39, 0.29) is 12.2 Å². The van der Waals surface area contributed by atoms with Crippen molar-refractivity contribution in [2.45, 2.75) is 38.9 Å². The Hall–Kier alpha value is -1.77. The monoisotopic (exact) mass is 307 g/mol. The van der Waals surface area contributed by atoms with Gasteiger partial charge in [-0.1, -0.05) is 6.07 Å². The molecule has 1 aromatic carbocycles. The number of benzene rings is 1. The van der Waals surface area contributed by atoms with Crippen molar-refractivity contribution >= 4 is 0 Å². The minimum atomic E-state index is -0.258. The van der Waals surface area contributed by atoms with Crippen LogP contribution in [0.1, 0.15) is 38.2 Å². The summed E-state index contributed by atoms with van der Waals surface area (Å²) in [6.45, 7) is 5.06. The molecule has 1 aromatic rings. The molecule has 0 heterocycles. The topological polar surface area (TPSA) is 60.7 Å². The lowest BCUT2D eigenvalue weighted by atomic mass is 9.95.